The van der Waals surface area contributed by atoms with Gasteiger partial charge in [0.25, 0.3) is 0 Å². The van der Waals surface area contributed by atoms with Gasteiger partial charge >= 0.3 is 0 Å². The minimum atomic E-state index is -2.55. The molecular weight excluding hydrogens is 482 g/mol. The average molecular weight is 507 g/mol. The second kappa shape index (κ2) is 8.49. The number of fused-ring (bicyclic) bond motifs is 3. The van der Waals surface area contributed by atoms with Crippen molar-refractivity contribution in [1.29, 1.82) is 0 Å². The summed E-state index contributed by atoms with van der Waals surface area (Å²) in [6.45, 7) is 1.36. The molecule has 1 aromatic heterocycles. The number of aromatic nitrogens is 1. The first-order valence-corrected chi connectivity index (χ1v) is 11.8. The number of phenolic OH excluding ortho intramolecular Hbond substituents is 1. The fourth-order valence-corrected chi connectivity index (χ4v) is 6.00. The van der Waals surface area contributed by atoms with Gasteiger partial charge in [-0.05, 0) is 54.5 Å². The maximum atomic E-state index is 13.6. The third-order valence-electron chi connectivity index (χ3n) is 7.65. The van der Waals surface area contributed by atoms with Crippen LogP contribution in [0.5, 0.6) is 5.75 Å². The number of pyridine rings is 1. The number of carbonyl (C=O) groups excluding carboxylic acids is 4. The quantitative estimate of drug-likeness (QED) is 0.325. The lowest BCUT2D eigenvalue weighted by atomic mass is 9.57. The Hall–Kier alpha value is -4.09. The summed E-state index contributed by atoms with van der Waals surface area (Å²) in [5, 5.41) is 46.0. The second-order valence-corrected chi connectivity index (χ2v) is 9.84. The number of anilines is 1. The van der Waals surface area contributed by atoms with Crippen LogP contribution in [0.2, 0.25) is 0 Å². The molecule has 0 spiro atoms. The highest BCUT2D eigenvalue weighted by Crippen LogP contribution is 2.52. The van der Waals surface area contributed by atoms with Gasteiger partial charge in [-0.15, -0.1) is 0 Å². The maximum absolute atomic E-state index is 13.6. The smallest absolute Gasteiger partial charge is 0.230 e. The molecule has 5 rings (SSSR count). The fraction of sp³-hybridized carbons (Fsp3) is 0.346. The molecule has 1 fully saturated rings. The van der Waals surface area contributed by atoms with E-state index in [0.717, 1.165) is 0 Å². The topological polar surface area (TPSA) is 200 Å². The molecule has 0 aliphatic heterocycles. The molecule has 1 saturated carbocycles. The molecule has 0 bridgehead atoms. The Labute approximate surface area is 210 Å². The summed E-state index contributed by atoms with van der Waals surface area (Å²) in [5.74, 6) is -7.45. The molecular formula is C26H25N3O8. The van der Waals surface area contributed by atoms with E-state index in [0.29, 0.717) is 22.5 Å². The van der Waals surface area contributed by atoms with Crippen LogP contribution in [0, 0.1) is 17.8 Å². The zero-order valence-corrected chi connectivity index (χ0v) is 19.8. The van der Waals surface area contributed by atoms with Crippen LogP contribution in [-0.4, -0.2) is 60.5 Å². The summed E-state index contributed by atoms with van der Waals surface area (Å²) in [6, 6.07) is 6.27. The minimum Gasteiger partial charge on any atom is -0.508 e. The summed E-state index contributed by atoms with van der Waals surface area (Å²) in [7, 11) is 0. The zero-order valence-electron chi connectivity index (χ0n) is 19.8. The largest absolute Gasteiger partial charge is 0.508 e. The van der Waals surface area contributed by atoms with Crippen LogP contribution in [-0.2, 0) is 20.8 Å². The number of aliphatic hydroxyl groups is 3. The average Bonchev–Trinajstić information content (AvgIpc) is 2.81. The number of carbonyl (C=O) groups is 4. The van der Waals surface area contributed by atoms with Gasteiger partial charge in [-0.25, -0.2) is 4.98 Å². The SMILES string of the molecule is CC(=O)Nc1ccc(-c2ccc(O)c3c2C[C@H]2C[C@H]4CC(O)C(C(N)=O)C(=O)[C@@]4(O)C(O)=C2C3=O)cn1. The number of benzene rings is 1. The number of nitrogens with zero attached hydrogens (tertiary/aromatic N) is 1. The predicted octanol–water partition coefficient (Wildman–Crippen LogP) is 0.766. The highest BCUT2D eigenvalue weighted by atomic mass is 16.3. The van der Waals surface area contributed by atoms with E-state index >= 15 is 0 Å². The Bertz CT molecular complexity index is 1400. The van der Waals surface area contributed by atoms with E-state index in [1.54, 1.807) is 18.2 Å². The molecule has 2 aromatic rings. The van der Waals surface area contributed by atoms with Gasteiger partial charge in [0.15, 0.2) is 17.2 Å². The van der Waals surface area contributed by atoms with Crippen molar-refractivity contribution in [1.82, 2.24) is 4.98 Å². The molecule has 3 aliphatic carbocycles. The molecule has 0 saturated heterocycles. The highest BCUT2D eigenvalue weighted by Gasteiger charge is 2.62. The van der Waals surface area contributed by atoms with E-state index in [9.17, 15) is 39.6 Å². The summed E-state index contributed by atoms with van der Waals surface area (Å²) in [4.78, 5) is 54.0. The summed E-state index contributed by atoms with van der Waals surface area (Å²) in [6.07, 6.45) is 0.179. The van der Waals surface area contributed by atoms with Crippen LogP contribution in [0.15, 0.2) is 41.8 Å². The van der Waals surface area contributed by atoms with E-state index in [1.165, 1.54) is 19.2 Å². The Balaban J connectivity index is 1.61. The van der Waals surface area contributed by atoms with Crippen LogP contribution in [0.25, 0.3) is 11.1 Å². The molecule has 11 nitrogen and oxygen atoms in total. The summed E-state index contributed by atoms with van der Waals surface area (Å²) >= 11 is 0. The number of hydrogen-bond acceptors (Lipinski definition) is 9. The molecule has 0 radical (unpaired) electrons. The molecule has 5 atom stereocenters. The third-order valence-corrected chi connectivity index (χ3v) is 7.65. The number of phenols is 1. The molecule has 1 aromatic carbocycles. The number of aromatic hydroxyl groups is 1. The minimum absolute atomic E-state index is 0.0713. The van der Waals surface area contributed by atoms with Gasteiger partial charge in [0.1, 0.15) is 23.2 Å². The Morgan fingerprint density at radius 1 is 1.14 bits per heavy atom. The number of ketones is 2. The molecule has 2 amide bonds. The van der Waals surface area contributed by atoms with Gasteiger partial charge in [0.2, 0.25) is 11.8 Å². The first-order valence-electron chi connectivity index (χ1n) is 11.8. The molecule has 1 heterocycles. The highest BCUT2D eigenvalue weighted by molar-refractivity contribution is 6.16. The van der Waals surface area contributed by atoms with Crippen LogP contribution in [0.1, 0.15) is 35.7 Å². The summed E-state index contributed by atoms with van der Waals surface area (Å²) < 4.78 is 0. The first kappa shape index (κ1) is 24.6. The number of rotatable bonds is 3. The fourth-order valence-electron chi connectivity index (χ4n) is 6.00. The first-order chi connectivity index (χ1) is 17.4. The number of nitrogens with two attached hydrogens (primary N) is 1. The van der Waals surface area contributed by atoms with Crippen molar-refractivity contribution in [3.05, 3.63) is 52.9 Å². The number of aliphatic hydroxyl groups excluding tert-OH is 2. The van der Waals surface area contributed by atoms with Crippen molar-refractivity contribution >= 4 is 29.2 Å². The van der Waals surface area contributed by atoms with Crippen LogP contribution < -0.4 is 11.1 Å². The van der Waals surface area contributed by atoms with E-state index in [2.05, 4.69) is 10.3 Å². The Morgan fingerprint density at radius 3 is 2.49 bits per heavy atom. The van der Waals surface area contributed by atoms with Gasteiger partial charge in [-0.2, -0.15) is 0 Å². The van der Waals surface area contributed by atoms with Crippen molar-refractivity contribution in [2.75, 3.05) is 5.32 Å². The second-order valence-electron chi connectivity index (χ2n) is 9.84. The summed E-state index contributed by atoms with van der Waals surface area (Å²) in [5.41, 5.74) is 4.18. The van der Waals surface area contributed by atoms with Crippen molar-refractivity contribution in [3.8, 4) is 16.9 Å². The van der Waals surface area contributed by atoms with Gasteiger partial charge in [0.05, 0.1) is 11.7 Å². The third kappa shape index (κ3) is 3.61. The van der Waals surface area contributed by atoms with E-state index in [1.807, 2.05) is 0 Å². The molecule has 11 heteroatoms. The van der Waals surface area contributed by atoms with Crippen LogP contribution in [0.4, 0.5) is 5.82 Å². The number of hydrogen-bond donors (Lipinski definition) is 6. The van der Waals surface area contributed by atoms with Gasteiger partial charge < -0.3 is 31.5 Å². The van der Waals surface area contributed by atoms with Gasteiger partial charge in [-0.3, -0.25) is 19.2 Å². The molecule has 3 aliphatic rings. The molecule has 37 heavy (non-hydrogen) atoms. The van der Waals surface area contributed by atoms with E-state index in [4.69, 9.17) is 5.73 Å². The van der Waals surface area contributed by atoms with E-state index in [-0.39, 0.29) is 42.1 Å². The number of amides is 2. The number of Topliss-reactive ketones (excluding diaryl/α,β-unsaturated/α-hetero) is 2. The monoisotopic (exact) mass is 507 g/mol. The van der Waals surface area contributed by atoms with Crippen molar-refractivity contribution in [2.24, 2.45) is 23.5 Å². The van der Waals surface area contributed by atoms with Crippen molar-refractivity contribution in [3.63, 3.8) is 0 Å². The lowest BCUT2D eigenvalue weighted by molar-refractivity contribution is -0.167. The standard InChI is InChI=1S/C26H25N3O8/c1-10(30)29-18-5-2-11(9-28-18)14-3-4-16(31)20-15(14)7-12-6-13-8-17(32)21(25(27)36)24(35)26(13,37)23(34)19(12)22(20)33/h2-5,9,12-13,17,21,31-32,34,37H,6-8H2,1H3,(H2,27,36)(H,28,29,30)/t12-,13+,17?,21?,26+/m1/s1. The lowest BCUT2D eigenvalue weighted by Gasteiger charge is -2.48. The maximum Gasteiger partial charge on any atom is 0.230 e. The zero-order chi connectivity index (χ0) is 26.8. The number of nitrogens with one attached hydrogen (secondary N) is 1. The van der Waals surface area contributed by atoms with Crippen LogP contribution in [0.3, 0.4) is 0 Å². The van der Waals surface area contributed by atoms with Crippen molar-refractivity contribution in [2.45, 2.75) is 37.9 Å². The van der Waals surface area contributed by atoms with Crippen LogP contribution >= 0.6 is 0 Å². The molecule has 2 unspecified atom stereocenters. The predicted molar refractivity (Wildman–Crippen MR) is 128 cm³/mol. The van der Waals surface area contributed by atoms with Gasteiger partial charge in [0, 0.05) is 30.2 Å². The molecule has 192 valence electrons. The lowest BCUT2D eigenvalue weighted by Crippen LogP contribution is -2.63. The Morgan fingerprint density at radius 2 is 1.86 bits per heavy atom. The Kier molecular flexibility index (Phi) is 5.65. The molecule has 7 N–H and O–H groups in total. The number of primary amides is 1. The normalized spacial score (nSPS) is 28.7. The number of allylic oxidation sites excluding steroid dienone is 1. The van der Waals surface area contributed by atoms with E-state index < -0.39 is 52.7 Å². The van der Waals surface area contributed by atoms with Gasteiger partial charge in [-0.1, -0.05) is 6.07 Å². The van der Waals surface area contributed by atoms with Crippen molar-refractivity contribution < 1.29 is 39.6 Å².